The maximum atomic E-state index is 12.6. The van der Waals surface area contributed by atoms with Crippen LogP contribution in [0.3, 0.4) is 0 Å². The Morgan fingerprint density at radius 2 is 2.08 bits per heavy atom. The van der Waals surface area contributed by atoms with Crippen molar-refractivity contribution in [2.75, 3.05) is 31.5 Å². The third kappa shape index (κ3) is 4.24. The van der Waals surface area contributed by atoms with Gasteiger partial charge in [0.15, 0.2) is 0 Å². The summed E-state index contributed by atoms with van der Waals surface area (Å²) in [7, 11) is 0. The van der Waals surface area contributed by atoms with E-state index >= 15 is 0 Å². The Morgan fingerprint density at radius 1 is 1.25 bits per heavy atom. The second kappa shape index (κ2) is 7.94. The number of hydrogen-bond acceptors (Lipinski definition) is 4. The largest absolute Gasteiger partial charge is 0.342 e. The number of halogens is 1. The van der Waals surface area contributed by atoms with Gasteiger partial charge in [0.05, 0.1) is 16.9 Å². The van der Waals surface area contributed by atoms with Gasteiger partial charge in [-0.2, -0.15) is 0 Å². The molecule has 0 aromatic carbocycles. The predicted molar refractivity (Wildman–Crippen MR) is 92.8 cm³/mol. The minimum atomic E-state index is -0.184. The first-order chi connectivity index (χ1) is 11.6. The molecule has 3 rings (SSSR count). The van der Waals surface area contributed by atoms with Crippen LogP contribution >= 0.6 is 11.6 Å². The zero-order valence-corrected chi connectivity index (χ0v) is 14.4. The molecule has 24 heavy (non-hydrogen) atoms. The van der Waals surface area contributed by atoms with Crippen molar-refractivity contribution in [3.05, 3.63) is 23.4 Å². The first-order valence-electron chi connectivity index (χ1n) is 8.55. The lowest BCUT2D eigenvalue weighted by Gasteiger charge is -2.35. The van der Waals surface area contributed by atoms with Crippen LogP contribution in [-0.2, 0) is 9.59 Å². The van der Waals surface area contributed by atoms with Crippen LogP contribution < -0.4 is 10.6 Å². The van der Waals surface area contributed by atoms with Crippen LogP contribution in [0.4, 0.5) is 5.82 Å². The number of nitrogens with zero attached hydrogens (tertiary/aromatic N) is 2. The number of pyridine rings is 1. The zero-order valence-electron chi connectivity index (χ0n) is 13.6. The maximum Gasteiger partial charge on any atom is 0.230 e. The predicted octanol–water partition coefficient (Wildman–Crippen LogP) is 1.91. The second-order valence-electron chi connectivity index (χ2n) is 6.52. The third-order valence-electron chi connectivity index (χ3n) is 4.73. The topological polar surface area (TPSA) is 74.3 Å². The Labute approximate surface area is 147 Å². The van der Waals surface area contributed by atoms with Crippen LogP contribution in [0.2, 0.25) is 5.02 Å². The van der Waals surface area contributed by atoms with Crippen molar-refractivity contribution in [3.8, 4) is 0 Å². The fourth-order valence-corrected chi connectivity index (χ4v) is 3.50. The van der Waals surface area contributed by atoms with Gasteiger partial charge in [0.1, 0.15) is 5.82 Å². The van der Waals surface area contributed by atoms with Crippen LogP contribution in [0.1, 0.15) is 25.7 Å². The molecule has 0 bridgehead atoms. The van der Waals surface area contributed by atoms with Gasteiger partial charge >= 0.3 is 0 Å². The SMILES string of the molecule is O=C(Nc1ccc(Cl)cn1)C1CCCN(C(=O)C2CCCNC2)C1. The third-order valence-corrected chi connectivity index (χ3v) is 4.95. The number of piperidine rings is 2. The molecule has 2 aliphatic heterocycles. The van der Waals surface area contributed by atoms with Crippen LogP contribution in [0, 0.1) is 11.8 Å². The molecule has 7 heteroatoms. The number of anilines is 1. The minimum absolute atomic E-state index is 0.0542. The fourth-order valence-electron chi connectivity index (χ4n) is 3.39. The molecule has 2 fully saturated rings. The van der Waals surface area contributed by atoms with Crippen LogP contribution in [0.15, 0.2) is 18.3 Å². The normalized spacial score (nSPS) is 24.5. The molecule has 0 spiro atoms. The number of hydrogen-bond donors (Lipinski definition) is 2. The van der Waals surface area contributed by atoms with Gasteiger partial charge in [-0.05, 0) is 44.4 Å². The molecule has 6 nitrogen and oxygen atoms in total. The van der Waals surface area contributed by atoms with Crippen molar-refractivity contribution in [1.29, 1.82) is 0 Å². The smallest absolute Gasteiger partial charge is 0.230 e. The van der Waals surface area contributed by atoms with Gasteiger partial charge in [-0.15, -0.1) is 0 Å². The minimum Gasteiger partial charge on any atom is -0.342 e. The molecule has 2 atom stereocenters. The highest BCUT2D eigenvalue weighted by Crippen LogP contribution is 2.22. The van der Waals surface area contributed by atoms with E-state index in [0.717, 1.165) is 45.3 Å². The van der Waals surface area contributed by atoms with Gasteiger partial charge in [0.25, 0.3) is 0 Å². The van der Waals surface area contributed by atoms with Gasteiger partial charge in [0.2, 0.25) is 11.8 Å². The van der Waals surface area contributed by atoms with Crippen LogP contribution in [-0.4, -0.2) is 47.9 Å². The summed E-state index contributed by atoms with van der Waals surface area (Å²) in [6.07, 6.45) is 5.14. The number of amides is 2. The number of aromatic nitrogens is 1. The molecule has 2 N–H and O–H groups in total. The summed E-state index contributed by atoms with van der Waals surface area (Å²) in [5.74, 6) is 0.466. The number of carbonyl (C=O) groups is 2. The monoisotopic (exact) mass is 350 g/mol. The Balaban J connectivity index is 1.57. The number of nitrogens with one attached hydrogen (secondary N) is 2. The van der Waals surface area contributed by atoms with Gasteiger partial charge in [-0.1, -0.05) is 11.6 Å². The highest BCUT2D eigenvalue weighted by atomic mass is 35.5. The summed E-state index contributed by atoms with van der Waals surface area (Å²) in [6, 6.07) is 3.37. The average Bonchev–Trinajstić information content (AvgIpc) is 2.64. The van der Waals surface area contributed by atoms with Crippen molar-refractivity contribution >= 4 is 29.2 Å². The lowest BCUT2D eigenvalue weighted by Crippen LogP contribution is -2.48. The standard InChI is InChI=1S/C17H23ClN4O2/c18-14-5-6-15(20-10-14)21-16(23)13-4-2-8-22(11-13)17(24)12-3-1-7-19-9-12/h5-6,10,12-13,19H,1-4,7-9,11H2,(H,20,21,23). The van der Waals surface area contributed by atoms with Crippen molar-refractivity contribution in [1.82, 2.24) is 15.2 Å². The lowest BCUT2D eigenvalue weighted by molar-refractivity contribution is -0.139. The Morgan fingerprint density at radius 3 is 2.79 bits per heavy atom. The number of carbonyl (C=O) groups excluding carboxylic acids is 2. The van der Waals surface area contributed by atoms with Crippen molar-refractivity contribution in [2.24, 2.45) is 11.8 Å². The first-order valence-corrected chi connectivity index (χ1v) is 8.93. The molecule has 0 aliphatic carbocycles. The summed E-state index contributed by atoms with van der Waals surface area (Å²) in [6.45, 7) is 2.98. The highest BCUT2D eigenvalue weighted by Gasteiger charge is 2.32. The molecule has 2 unspecified atom stereocenters. The molecule has 0 radical (unpaired) electrons. The van der Waals surface area contributed by atoms with Crippen molar-refractivity contribution < 1.29 is 9.59 Å². The highest BCUT2D eigenvalue weighted by molar-refractivity contribution is 6.30. The zero-order chi connectivity index (χ0) is 16.9. The van der Waals surface area contributed by atoms with E-state index in [1.807, 2.05) is 4.90 Å². The van der Waals surface area contributed by atoms with Crippen LogP contribution in [0.25, 0.3) is 0 Å². The molecule has 2 aliphatic rings. The Kier molecular flexibility index (Phi) is 5.68. The van der Waals surface area contributed by atoms with E-state index in [0.29, 0.717) is 17.4 Å². The molecule has 2 amide bonds. The van der Waals surface area contributed by atoms with E-state index in [-0.39, 0.29) is 23.7 Å². The molecule has 0 saturated carbocycles. The van der Waals surface area contributed by atoms with E-state index in [9.17, 15) is 9.59 Å². The number of rotatable bonds is 3. The average molecular weight is 351 g/mol. The van der Waals surface area contributed by atoms with E-state index < -0.39 is 0 Å². The van der Waals surface area contributed by atoms with E-state index in [1.165, 1.54) is 6.20 Å². The van der Waals surface area contributed by atoms with Crippen molar-refractivity contribution in [3.63, 3.8) is 0 Å². The summed E-state index contributed by atoms with van der Waals surface area (Å²) in [5.41, 5.74) is 0. The van der Waals surface area contributed by atoms with Gasteiger partial charge in [0, 0.05) is 25.8 Å². The molecular formula is C17H23ClN4O2. The molecule has 1 aromatic rings. The number of likely N-dealkylation sites (tertiary alicyclic amines) is 1. The molecular weight excluding hydrogens is 328 g/mol. The quantitative estimate of drug-likeness (QED) is 0.873. The second-order valence-corrected chi connectivity index (χ2v) is 6.95. The summed E-state index contributed by atoms with van der Waals surface area (Å²) < 4.78 is 0. The molecule has 1 aromatic heterocycles. The maximum absolute atomic E-state index is 12.6. The van der Waals surface area contributed by atoms with Gasteiger partial charge in [-0.25, -0.2) is 4.98 Å². The molecule has 2 saturated heterocycles. The first kappa shape index (κ1) is 17.2. The summed E-state index contributed by atoms with van der Waals surface area (Å²) in [5, 5.41) is 6.63. The Bertz CT molecular complexity index is 587. The molecule has 130 valence electrons. The van der Waals surface area contributed by atoms with Gasteiger partial charge < -0.3 is 15.5 Å². The van der Waals surface area contributed by atoms with Crippen LogP contribution in [0.5, 0.6) is 0 Å². The van der Waals surface area contributed by atoms with E-state index in [4.69, 9.17) is 11.6 Å². The van der Waals surface area contributed by atoms with E-state index in [2.05, 4.69) is 15.6 Å². The summed E-state index contributed by atoms with van der Waals surface area (Å²) in [4.78, 5) is 31.1. The van der Waals surface area contributed by atoms with E-state index in [1.54, 1.807) is 12.1 Å². The molecule has 3 heterocycles. The Hall–Kier alpha value is -1.66. The van der Waals surface area contributed by atoms with Gasteiger partial charge in [-0.3, -0.25) is 9.59 Å². The fraction of sp³-hybridized carbons (Fsp3) is 0.588. The summed E-state index contributed by atoms with van der Waals surface area (Å²) >= 11 is 5.80. The van der Waals surface area contributed by atoms with Crippen molar-refractivity contribution in [2.45, 2.75) is 25.7 Å². The lowest BCUT2D eigenvalue weighted by atomic mass is 9.93.